The first-order valence-corrected chi connectivity index (χ1v) is 10.2. The summed E-state index contributed by atoms with van der Waals surface area (Å²) in [6.07, 6.45) is 3.20. The fraction of sp³-hybridized carbons (Fsp3) is 0.429. The molecule has 1 aromatic heterocycles. The van der Waals surface area contributed by atoms with Crippen LogP contribution in [0, 0.1) is 17.6 Å². The molecule has 2 N–H and O–H groups in total. The second-order valence-corrected chi connectivity index (χ2v) is 8.22. The van der Waals surface area contributed by atoms with Gasteiger partial charge < -0.3 is 19.4 Å². The lowest BCUT2D eigenvalue weighted by Crippen LogP contribution is -2.54. The van der Waals surface area contributed by atoms with Crippen molar-refractivity contribution >= 4 is 23.9 Å². The Morgan fingerprint density at radius 2 is 2.03 bits per heavy atom. The Morgan fingerprint density at radius 1 is 1.28 bits per heavy atom. The van der Waals surface area contributed by atoms with Crippen LogP contribution in [0.5, 0.6) is 0 Å². The molecule has 2 unspecified atom stereocenters. The number of aromatic nitrogens is 1. The van der Waals surface area contributed by atoms with E-state index in [9.17, 15) is 23.2 Å². The number of urea groups is 1. The van der Waals surface area contributed by atoms with Gasteiger partial charge >= 0.3 is 6.03 Å². The molecule has 0 radical (unpaired) electrons. The third-order valence-corrected chi connectivity index (χ3v) is 5.96. The van der Waals surface area contributed by atoms with Crippen molar-refractivity contribution in [2.45, 2.75) is 24.9 Å². The van der Waals surface area contributed by atoms with Gasteiger partial charge in [0, 0.05) is 49.9 Å². The van der Waals surface area contributed by atoms with Crippen LogP contribution in [0.4, 0.5) is 19.3 Å². The van der Waals surface area contributed by atoms with Crippen LogP contribution >= 0.6 is 0 Å². The van der Waals surface area contributed by atoms with E-state index in [-0.39, 0.29) is 18.2 Å². The number of carbonyl (C=O) groups excluding carboxylic acids is 3. The number of hydrogen-bond donors (Lipinski definition) is 2. The van der Waals surface area contributed by atoms with Crippen molar-refractivity contribution in [2.75, 3.05) is 31.1 Å². The van der Waals surface area contributed by atoms with E-state index in [0.717, 1.165) is 18.7 Å². The highest BCUT2D eigenvalue weighted by atomic mass is 19.1. The number of hydrogen-bond acceptors (Lipinski definition) is 7. The Kier molecular flexibility index (Phi) is 5.92. The molecule has 2 aliphatic rings. The van der Waals surface area contributed by atoms with E-state index in [1.54, 1.807) is 0 Å². The second-order valence-electron chi connectivity index (χ2n) is 8.22. The van der Waals surface area contributed by atoms with Crippen molar-refractivity contribution in [3.63, 3.8) is 0 Å². The molecule has 0 aliphatic carbocycles. The van der Waals surface area contributed by atoms with Gasteiger partial charge in [-0.2, -0.15) is 0 Å². The van der Waals surface area contributed by atoms with E-state index in [2.05, 4.69) is 20.5 Å². The van der Waals surface area contributed by atoms with Gasteiger partial charge in [0.1, 0.15) is 29.9 Å². The Hall–Kier alpha value is -3.34. The van der Waals surface area contributed by atoms with Crippen LogP contribution in [-0.2, 0) is 15.1 Å². The quantitative estimate of drug-likeness (QED) is 0.488. The molecule has 0 spiro atoms. The summed E-state index contributed by atoms with van der Waals surface area (Å²) in [6.45, 7) is 3.91. The van der Waals surface area contributed by atoms with Crippen molar-refractivity contribution in [2.24, 2.45) is 5.92 Å². The Morgan fingerprint density at radius 3 is 2.59 bits per heavy atom. The molecular formula is C21H23F2N5O4. The first-order valence-electron chi connectivity index (χ1n) is 10.2. The molecule has 2 aliphatic heterocycles. The second kappa shape index (κ2) is 8.65. The van der Waals surface area contributed by atoms with Gasteiger partial charge in [-0.3, -0.25) is 15.0 Å². The van der Waals surface area contributed by atoms with Gasteiger partial charge in [-0.1, -0.05) is 0 Å². The number of rotatable bonds is 7. The molecule has 3 amide bonds. The van der Waals surface area contributed by atoms with Crippen molar-refractivity contribution in [1.29, 1.82) is 0 Å². The Balaban J connectivity index is 1.45. The highest BCUT2D eigenvalue weighted by molar-refractivity contribution is 6.07. The van der Waals surface area contributed by atoms with E-state index in [0.29, 0.717) is 31.9 Å². The van der Waals surface area contributed by atoms with Gasteiger partial charge in [0.15, 0.2) is 11.9 Å². The number of imide groups is 1. The molecule has 1 aromatic carbocycles. The zero-order chi connectivity index (χ0) is 22.9. The number of anilines is 1. The van der Waals surface area contributed by atoms with E-state index in [1.165, 1.54) is 18.4 Å². The number of aldehydes is 1. The first kappa shape index (κ1) is 21.9. The van der Waals surface area contributed by atoms with E-state index in [1.807, 2.05) is 11.8 Å². The third-order valence-electron chi connectivity index (χ3n) is 5.96. The molecule has 3 heterocycles. The molecule has 0 saturated carbocycles. The topological polar surface area (TPSA) is 108 Å². The smallest absolute Gasteiger partial charge is 0.322 e. The fourth-order valence-corrected chi connectivity index (χ4v) is 4.51. The lowest BCUT2D eigenvalue weighted by molar-refractivity contribution is -0.125. The summed E-state index contributed by atoms with van der Waals surface area (Å²) in [4.78, 5) is 44.3. The third kappa shape index (κ3) is 4.20. The standard InChI is InChI=1S/C21H23F2N5O4/c1-13-8-27(2-3-28(13)17-5-15(22)4-16(23)6-17)9-14(10-29)7-21(18-11-32-12-24-18)19(30)25-20(31)26-21/h4-6,10-14H,2-3,7-9H2,1H3,(H2,25,26,30,31)/t13-,14?,21?/m0/s1. The molecule has 9 nitrogen and oxygen atoms in total. The molecule has 2 aromatic rings. The minimum atomic E-state index is -1.48. The number of halogens is 2. The van der Waals surface area contributed by atoms with E-state index >= 15 is 0 Å². The van der Waals surface area contributed by atoms with Crippen molar-refractivity contribution in [3.8, 4) is 0 Å². The van der Waals surface area contributed by atoms with Crippen LogP contribution in [0.2, 0.25) is 0 Å². The van der Waals surface area contributed by atoms with Crippen molar-refractivity contribution < 1.29 is 27.6 Å². The number of nitrogens with one attached hydrogen (secondary N) is 2. The summed E-state index contributed by atoms with van der Waals surface area (Å²) >= 11 is 0. The van der Waals surface area contributed by atoms with Crippen molar-refractivity contribution in [1.82, 2.24) is 20.5 Å². The van der Waals surface area contributed by atoms with Gasteiger partial charge in [-0.15, -0.1) is 0 Å². The molecule has 2 saturated heterocycles. The molecule has 2 fully saturated rings. The fourth-order valence-electron chi connectivity index (χ4n) is 4.51. The monoisotopic (exact) mass is 447 g/mol. The van der Waals surface area contributed by atoms with Crippen molar-refractivity contribution in [3.05, 3.63) is 48.2 Å². The summed E-state index contributed by atoms with van der Waals surface area (Å²) in [6, 6.07) is 2.71. The lowest BCUT2D eigenvalue weighted by Gasteiger charge is -2.42. The largest absolute Gasteiger partial charge is 0.451 e. The average molecular weight is 447 g/mol. The van der Waals surface area contributed by atoms with Crippen LogP contribution in [0.15, 0.2) is 35.3 Å². The van der Waals surface area contributed by atoms with Crippen LogP contribution in [0.1, 0.15) is 19.0 Å². The number of oxazole rings is 1. The Labute approximate surface area is 182 Å². The summed E-state index contributed by atoms with van der Waals surface area (Å²) in [5.41, 5.74) is -0.793. The lowest BCUT2D eigenvalue weighted by atomic mass is 9.85. The number of nitrogens with zero attached hydrogens (tertiary/aromatic N) is 3. The summed E-state index contributed by atoms with van der Waals surface area (Å²) in [5.74, 6) is -2.44. The molecule has 32 heavy (non-hydrogen) atoms. The molecule has 3 atom stereocenters. The average Bonchev–Trinajstić information content (AvgIpc) is 3.35. The number of piperazine rings is 1. The van der Waals surface area contributed by atoms with Gasteiger partial charge in [0.05, 0.1) is 0 Å². The zero-order valence-corrected chi connectivity index (χ0v) is 17.4. The molecule has 4 rings (SSSR count). The number of carbonyl (C=O) groups is 3. The minimum absolute atomic E-state index is 0.0182. The molecule has 170 valence electrons. The van der Waals surface area contributed by atoms with Gasteiger partial charge in [0.2, 0.25) is 0 Å². The zero-order valence-electron chi connectivity index (χ0n) is 17.4. The Bertz CT molecular complexity index is 997. The summed E-state index contributed by atoms with van der Waals surface area (Å²) in [5, 5.41) is 4.79. The van der Waals surface area contributed by atoms with Crippen LogP contribution < -0.4 is 15.5 Å². The summed E-state index contributed by atoms with van der Waals surface area (Å²) < 4.78 is 32.2. The highest BCUT2D eigenvalue weighted by Gasteiger charge is 2.51. The van der Waals surface area contributed by atoms with E-state index in [4.69, 9.17) is 4.42 Å². The molecular weight excluding hydrogens is 424 g/mol. The normalized spacial score (nSPS) is 24.8. The molecule has 0 bridgehead atoms. The van der Waals surface area contributed by atoms with Crippen LogP contribution in [0.3, 0.4) is 0 Å². The van der Waals surface area contributed by atoms with E-state index < -0.39 is 35.0 Å². The summed E-state index contributed by atoms with van der Waals surface area (Å²) in [7, 11) is 0. The van der Waals surface area contributed by atoms with Gasteiger partial charge in [-0.25, -0.2) is 18.6 Å². The maximum absolute atomic E-state index is 13.6. The minimum Gasteiger partial charge on any atom is -0.451 e. The van der Waals surface area contributed by atoms with Crippen LogP contribution in [-0.4, -0.2) is 60.3 Å². The predicted molar refractivity (Wildman–Crippen MR) is 109 cm³/mol. The van der Waals surface area contributed by atoms with Gasteiger partial charge in [-0.05, 0) is 25.5 Å². The first-order chi connectivity index (χ1) is 15.3. The maximum Gasteiger partial charge on any atom is 0.322 e. The number of amides is 3. The predicted octanol–water partition coefficient (Wildman–Crippen LogP) is 1.40. The molecule has 11 heteroatoms. The number of benzene rings is 1. The maximum atomic E-state index is 13.6. The van der Waals surface area contributed by atoms with Gasteiger partial charge in [0.25, 0.3) is 5.91 Å². The highest BCUT2D eigenvalue weighted by Crippen LogP contribution is 2.31. The van der Waals surface area contributed by atoms with Crippen LogP contribution in [0.25, 0.3) is 0 Å². The SMILES string of the molecule is C[C@H]1CN(CC(C=O)CC2(c3cocn3)NC(=O)NC2=O)CCN1c1cc(F)cc(F)c1.